The molecule has 179 valence electrons. The summed E-state index contributed by atoms with van der Waals surface area (Å²) in [6.45, 7) is 17.3. The van der Waals surface area contributed by atoms with E-state index in [1.807, 2.05) is 13.8 Å². The number of carbonyl (C=O) groups excluding carboxylic acids is 2. The summed E-state index contributed by atoms with van der Waals surface area (Å²) in [4.78, 5) is 28.6. The first-order valence-electron chi connectivity index (χ1n) is 11.4. The molecule has 0 aliphatic carbocycles. The van der Waals surface area contributed by atoms with Crippen LogP contribution in [0.25, 0.3) is 0 Å². The molecule has 2 heterocycles. The second-order valence-corrected chi connectivity index (χ2v) is 9.95. The van der Waals surface area contributed by atoms with Gasteiger partial charge < -0.3 is 25.0 Å². The van der Waals surface area contributed by atoms with E-state index in [0.717, 1.165) is 24.8 Å². The van der Waals surface area contributed by atoms with Gasteiger partial charge in [-0.2, -0.15) is 13.8 Å². The van der Waals surface area contributed by atoms with Crippen molar-refractivity contribution in [2.75, 3.05) is 39.3 Å². The summed E-state index contributed by atoms with van der Waals surface area (Å²) < 4.78 is 5.59. The average molecular weight is 516 g/mol. The van der Waals surface area contributed by atoms with Crippen molar-refractivity contribution < 1.29 is 52.1 Å². The Morgan fingerprint density at radius 3 is 2.23 bits per heavy atom. The predicted molar refractivity (Wildman–Crippen MR) is 120 cm³/mol. The molecule has 0 aromatic heterocycles. The van der Waals surface area contributed by atoms with Crippen LogP contribution in [0, 0.1) is 17.8 Å². The van der Waals surface area contributed by atoms with E-state index in [1.54, 1.807) is 9.80 Å². The number of nitrogens with one attached hydrogen (secondary N) is 1. The minimum Gasteiger partial charge on any atom is -0.382 e. The van der Waals surface area contributed by atoms with Crippen LogP contribution in [0.5, 0.6) is 0 Å². The quantitative estimate of drug-likeness (QED) is 0.402. The first-order chi connectivity index (χ1) is 13.9. The van der Waals surface area contributed by atoms with Crippen LogP contribution in [0.3, 0.4) is 0 Å². The van der Waals surface area contributed by atoms with E-state index in [0.29, 0.717) is 45.0 Å². The number of aliphatic hydroxyl groups is 1. The van der Waals surface area contributed by atoms with E-state index in [1.165, 1.54) is 0 Å². The van der Waals surface area contributed by atoms with Crippen LogP contribution < -0.4 is 5.32 Å². The van der Waals surface area contributed by atoms with Crippen LogP contribution in [0.4, 0.5) is 0 Å². The fourth-order valence-corrected chi connectivity index (χ4v) is 3.40. The molecule has 2 aliphatic heterocycles. The molecule has 0 aromatic rings. The smallest absolute Gasteiger partial charge is 0.242 e. The molecule has 2 N–H and O–H groups in total. The monoisotopic (exact) mass is 515 g/mol. The van der Waals surface area contributed by atoms with E-state index in [-0.39, 0.29) is 57.1 Å². The molecule has 8 heteroatoms. The van der Waals surface area contributed by atoms with Crippen LogP contribution in [-0.4, -0.2) is 77.9 Å². The zero-order valence-corrected chi connectivity index (χ0v) is 23.6. The topological polar surface area (TPSA) is 82.1 Å². The first kappa shape index (κ1) is 30.9. The van der Waals surface area contributed by atoms with Gasteiger partial charge in [-0.05, 0) is 18.3 Å². The molecule has 2 amide bonds. The second kappa shape index (κ2) is 14.9. The van der Waals surface area contributed by atoms with E-state index in [4.69, 9.17) is 4.74 Å². The van der Waals surface area contributed by atoms with Crippen LogP contribution in [0.15, 0.2) is 0 Å². The Bertz CT molecular complexity index is 532. The number of hydrogen-bond acceptors (Lipinski definition) is 5. The predicted octanol–water partition coefficient (Wildman–Crippen LogP) is 2.43. The van der Waals surface area contributed by atoms with Crippen molar-refractivity contribution in [3.63, 3.8) is 0 Å². The van der Waals surface area contributed by atoms with Crippen LogP contribution in [-0.2, 0) is 47.0 Å². The number of piperidine rings is 1. The zero-order valence-electron chi connectivity index (χ0n) is 20.7. The molecule has 0 saturated carbocycles. The Labute approximate surface area is 214 Å². The average Bonchev–Trinajstić information content (AvgIpc) is 2.63. The van der Waals surface area contributed by atoms with Crippen LogP contribution in [0.2, 0.25) is 0 Å². The maximum absolute atomic E-state index is 12.6. The maximum Gasteiger partial charge on any atom is 0.242 e. The summed E-state index contributed by atoms with van der Waals surface area (Å²) in [5.41, 5.74) is 0. The van der Waals surface area contributed by atoms with Gasteiger partial charge in [0.05, 0.1) is 12.6 Å². The minimum absolute atomic E-state index is 0. The SMILES string of the molecule is CC(C)C.C[C-](C)COC1(O)CCN(C(=O)CN2CCNC(CC(C)C)C2=O)CC1.[Y]. The number of amides is 2. The number of nitrogens with zero attached hydrogens (tertiary/aromatic N) is 2. The van der Waals surface area contributed by atoms with Crippen molar-refractivity contribution in [2.45, 2.75) is 79.6 Å². The fraction of sp³-hybridized carbons (Fsp3) is 0.870. The number of rotatable bonds is 7. The van der Waals surface area contributed by atoms with Gasteiger partial charge in [0.1, 0.15) is 0 Å². The second-order valence-electron chi connectivity index (χ2n) is 9.95. The Morgan fingerprint density at radius 2 is 1.74 bits per heavy atom. The van der Waals surface area contributed by atoms with Crippen molar-refractivity contribution in [1.82, 2.24) is 15.1 Å². The van der Waals surface area contributed by atoms with Gasteiger partial charge >= 0.3 is 0 Å². The maximum atomic E-state index is 12.6. The van der Waals surface area contributed by atoms with Gasteiger partial charge in [0, 0.05) is 71.7 Å². The van der Waals surface area contributed by atoms with Gasteiger partial charge in [0.25, 0.3) is 0 Å². The Balaban J connectivity index is 0.00000165. The molecular formula is C23H44N3O4Y-. The molecule has 7 nitrogen and oxygen atoms in total. The summed E-state index contributed by atoms with van der Waals surface area (Å²) in [6.07, 6.45) is 1.58. The number of likely N-dealkylation sites (tertiary alicyclic amines) is 1. The van der Waals surface area contributed by atoms with Crippen molar-refractivity contribution >= 4 is 11.8 Å². The molecule has 1 radical (unpaired) electrons. The van der Waals surface area contributed by atoms with Crippen LogP contribution >= 0.6 is 0 Å². The van der Waals surface area contributed by atoms with Gasteiger partial charge in [-0.15, -0.1) is 0 Å². The Morgan fingerprint density at radius 1 is 1.19 bits per heavy atom. The van der Waals surface area contributed by atoms with E-state index >= 15 is 0 Å². The molecule has 31 heavy (non-hydrogen) atoms. The third-order valence-corrected chi connectivity index (χ3v) is 4.94. The van der Waals surface area contributed by atoms with Crippen molar-refractivity contribution in [2.24, 2.45) is 11.8 Å². The van der Waals surface area contributed by atoms with E-state index in [2.05, 4.69) is 39.9 Å². The number of hydrogen-bond donors (Lipinski definition) is 2. The molecule has 2 fully saturated rings. The number of ether oxygens (including phenoxy) is 1. The summed E-state index contributed by atoms with van der Waals surface area (Å²) in [5, 5.41) is 13.7. The summed E-state index contributed by atoms with van der Waals surface area (Å²) in [7, 11) is 0. The Kier molecular flexibility index (Phi) is 14.9. The van der Waals surface area contributed by atoms with E-state index in [9.17, 15) is 14.7 Å². The number of carbonyl (C=O) groups is 2. The molecule has 1 atom stereocenters. The summed E-state index contributed by atoms with van der Waals surface area (Å²) in [6, 6.07) is -0.190. The largest absolute Gasteiger partial charge is 0.382 e. The van der Waals surface area contributed by atoms with Gasteiger partial charge in [-0.3, -0.25) is 15.5 Å². The van der Waals surface area contributed by atoms with Crippen molar-refractivity contribution in [3.05, 3.63) is 5.92 Å². The molecule has 0 bridgehead atoms. The van der Waals surface area contributed by atoms with Gasteiger partial charge in [0.2, 0.25) is 11.8 Å². The third kappa shape index (κ3) is 12.1. The zero-order chi connectivity index (χ0) is 22.9. The summed E-state index contributed by atoms with van der Waals surface area (Å²) >= 11 is 0. The number of piperazine rings is 1. The van der Waals surface area contributed by atoms with Crippen LogP contribution in [0.1, 0.15) is 67.7 Å². The van der Waals surface area contributed by atoms with Crippen molar-refractivity contribution in [3.8, 4) is 0 Å². The van der Waals surface area contributed by atoms with Gasteiger partial charge in [-0.25, -0.2) is 0 Å². The minimum atomic E-state index is -1.15. The third-order valence-electron chi connectivity index (χ3n) is 4.94. The molecule has 2 saturated heterocycles. The summed E-state index contributed by atoms with van der Waals surface area (Å²) in [5.74, 6) is 1.18. The first-order valence-corrected chi connectivity index (χ1v) is 11.4. The standard InChI is InChI=1S/C19H34N3O4.C4H10.Y/c1-14(2)11-16-18(24)22(10-7-20-16)12-17(23)21-8-5-19(25,6-9-21)26-13-15(3)4;1-4(2)3;/h14,16,20,25H,5-13H2,1-4H3;4H,1-3H3;/q-1;;. The molecule has 2 rings (SSSR count). The van der Waals surface area contributed by atoms with E-state index < -0.39 is 5.79 Å². The van der Waals surface area contributed by atoms with Gasteiger partial charge in [0.15, 0.2) is 5.79 Å². The molecule has 2 aliphatic rings. The normalized spacial score (nSPS) is 21.1. The van der Waals surface area contributed by atoms with Crippen molar-refractivity contribution in [1.29, 1.82) is 0 Å². The molecular weight excluding hydrogens is 471 g/mol. The molecule has 0 spiro atoms. The molecule has 1 unspecified atom stereocenters. The Hall–Kier alpha value is -0.0761. The fourth-order valence-electron chi connectivity index (χ4n) is 3.40. The van der Waals surface area contributed by atoms with Gasteiger partial charge in [-0.1, -0.05) is 41.2 Å². The molecule has 0 aromatic carbocycles.